The number of anilines is 1. The smallest absolute Gasteiger partial charge is 0.387 e. The lowest BCUT2D eigenvalue weighted by Crippen LogP contribution is -2.35. The number of nitrogens with one attached hydrogen (secondary N) is 1. The zero-order valence-electron chi connectivity index (χ0n) is 16.0. The fraction of sp³-hybridized carbons (Fsp3) is 0.222. The van der Waals surface area contributed by atoms with Gasteiger partial charge in [0.15, 0.2) is 11.5 Å². The second-order valence-corrected chi connectivity index (χ2v) is 6.78. The minimum Gasteiger partial charge on any atom is -0.493 e. The highest BCUT2D eigenvalue weighted by Gasteiger charge is 2.28. The molecule has 2 rings (SSSR count). The van der Waals surface area contributed by atoms with Crippen molar-refractivity contribution in [2.24, 2.45) is 0 Å². The average molecular weight is 478 g/mol. The molecule has 0 fully saturated rings. The van der Waals surface area contributed by atoms with Crippen LogP contribution in [0.25, 0.3) is 0 Å². The highest BCUT2D eigenvalue weighted by molar-refractivity contribution is 6.39. The van der Waals surface area contributed by atoms with Crippen LogP contribution in [0.4, 0.5) is 20.2 Å². The maximum absolute atomic E-state index is 12.7. The maximum Gasteiger partial charge on any atom is 0.387 e. The van der Waals surface area contributed by atoms with E-state index in [0.29, 0.717) is 6.07 Å². The molecule has 0 heterocycles. The normalized spacial score (nSPS) is 10.5. The molecule has 0 aliphatic rings. The topological polar surface area (TPSA) is 111 Å². The van der Waals surface area contributed by atoms with E-state index in [0.717, 1.165) is 18.1 Å². The Labute approximate surface area is 184 Å². The predicted octanol–water partition coefficient (Wildman–Crippen LogP) is 4.22. The molecule has 2 aromatic carbocycles. The fourth-order valence-corrected chi connectivity index (χ4v) is 3.00. The summed E-state index contributed by atoms with van der Waals surface area (Å²) in [7, 11) is 2.33. The van der Waals surface area contributed by atoms with Gasteiger partial charge in [-0.2, -0.15) is 8.78 Å². The van der Waals surface area contributed by atoms with E-state index in [2.05, 4.69) is 10.1 Å². The summed E-state index contributed by atoms with van der Waals surface area (Å²) in [6, 6.07) is 6.10. The van der Waals surface area contributed by atoms with E-state index < -0.39 is 46.9 Å². The van der Waals surface area contributed by atoms with Crippen molar-refractivity contribution in [3.05, 3.63) is 56.1 Å². The number of para-hydroxylation sites is 1. The molecule has 1 N–H and O–H groups in total. The van der Waals surface area contributed by atoms with Gasteiger partial charge in [0.25, 0.3) is 11.6 Å². The van der Waals surface area contributed by atoms with Gasteiger partial charge in [0.05, 0.1) is 40.4 Å². The van der Waals surface area contributed by atoms with Crippen molar-refractivity contribution in [3.63, 3.8) is 0 Å². The molecule has 166 valence electrons. The van der Waals surface area contributed by atoms with Crippen molar-refractivity contribution < 1.29 is 32.8 Å². The Balaban J connectivity index is 2.28. The highest BCUT2D eigenvalue weighted by Crippen LogP contribution is 2.36. The van der Waals surface area contributed by atoms with Crippen molar-refractivity contribution in [2.45, 2.75) is 6.61 Å². The molecule has 0 aliphatic heterocycles. The summed E-state index contributed by atoms with van der Waals surface area (Å²) in [6.07, 6.45) is 0. The van der Waals surface area contributed by atoms with Crippen molar-refractivity contribution in [3.8, 4) is 11.5 Å². The van der Waals surface area contributed by atoms with Gasteiger partial charge in [-0.15, -0.1) is 0 Å². The Kier molecular flexibility index (Phi) is 7.95. The largest absolute Gasteiger partial charge is 0.493 e. The molecular weight excluding hydrogens is 463 g/mol. The molecule has 0 aliphatic carbocycles. The highest BCUT2D eigenvalue weighted by atomic mass is 35.5. The molecule has 9 nitrogen and oxygen atoms in total. The van der Waals surface area contributed by atoms with Crippen molar-refractivity contribution in [1.82, 2.24) is 4.90 Å². The lowest BCUT2D eigenvalue weighted by atomic mass is 10.1. The standard InChI is InChI=1S/C18H15Cl2F2N3O6/c1-24(8-15(26)23-16-10(19)4-3-5-11(16)20)17(27)9-6-13(30-2)14(31-18(21)22)7-12(9)25(28)29/h3-7,18H,8H2,1-2H3,(H,23,26). The first-order chi connectivity index (χ1) is 14.5. The number of methoxy groups -OCH3 is 1. The van der Waals surface area contributed by atoms with Crippen LogP contribution in [0.1, 0.15) is 10.4 Å². The molecule has 0 bridgehead atoms. The Bertz CT molecular complexity index is 1000. The molecule has 0 saturated carbocycles. The molecule has 2 amide bonds. The summed E-state index contributed by atoms with van der Waals surface area (Å²) in [6.45, 7) is -3.78. The van der Waals surface area contributed by atoms with Gasteiger partial charge in [-0.3, -0.25) is 19.7 Å². The van der Waals surface area contributed by atoms with Crippen LogP contribution in [0.3, 0.4) is 0 Å². The molecule has 0 aromatic heterocycles. The number of ether oxygens (including phenoxy) is 2. The Hall–Kier alpha value is -3.18. The number of nitro groups is 1. The molecular formula is C18H15Cl2F2N3O6. The summed E-state index contributed by atoms with van der Waals surface area (Å²) in [4.78, 5) is 36.3. The minimum absolute atomic E-state index is 0.137. The summed E-state index contributed by atoms with van der Waals surface area (Å²) in [5.41, 5.74) is -1.16. The number of hydrogen-bond donors (Lipinski definition) is 1. The van der Waals surface area contributed by atoms with E-state index in [9.17, 15) is 28.5 Å². The number of likely N-dealkylation sites (N-methyl/N-ethyl adjacent to an activating group) is 1. The average Bonchev–Trinajstić information content (AvgIpc) is 2.69. The number of benzene rings is 2. The maximum atomic E-state index is 12.7. The Morgan fingerprint density at radius 2 is 1.84 bits per heavy atom. The monoisotopic (exact) mass is 477 g/mol. The first kappa shape index (κ1) is 24.1. The molecule has 0 saturated heterocycles. The quantitative estimate of drug-likeness (QED) is 0.449. The number of hydrogen-bond acceptors (Lipinski definition) is 6. The van der Waals surface area contributed by atoms with Gasteiger partial charge < -0.3 is 19.7 Å². The summed E-state index contributed by atoms with van der Waals surface area (Å²) < 4.78 is 34.2. The van der Waals surface area contributed by atoms with E-state index in [4.69, 9.17) is 27.9 Å². The molecule has 0 spiro atoms. The minimum atomic E-state index is -3.27. The first-order valence-corrected chi connectivity index (χ1v) is 9.11. The predicted molar refractivity (Wildman–Crippen MR) is 108 cm³/mol. The summed E-state index contributed by atoms with van der Waals surface area (Å²) in [5.74, 6) is -2.56. The van der Waals surface area contributed by atoms with E-state index in [-0.39, 0.29) is 21.5 Å². The lowest BCUT2D eigenvalue weighted by molar-refractivity contribution is -0.385. The zero-order chi connectivity index (χ0) is 23.3. The van der Waals surface area contributed by atoms with Gasteiger partial charge >= 0.3 is 6.61 Å². The molecule has 0 radical (unpaired) electrons. The van der Waals surface area contributed by atoms with Gasteiger partial charge in [-0.1, -0.05) is 29.3 Å². The van der Waals surface area contributed by atoms with Crippen LogP contribution in [0.15, 0.2) is 30.3 Å². The number of nitrogens with zero attached hydrogens (tertiary/aromatic N) is 2. The molecule has 2 aromatic rings. The summed E-state index contributed by atoms with van der Waals surface area (Å²) in [5, 5.41) is 14.2. The SMILES string of the molecule is COc1cc(C(=O)N(C)CC(=O)Nc2c(Cl)cccc2Cl)c([N+](=O)[O-])cc1OC(F)F. The van der Waals surface area contributed by atoms with Gasteiger partial charge in [0, 0.05) is 13.1 Å². The van der Waals surface area contributed by atoms with Gasteiger partial charge in [0.1, 0.15) is 5.56 Å². The van der Waals surface area contributed by atoms with Gasteiger partial charge in [-0.25, -0.2) is 0 Å². The van der Waals surface area contributed by atoms with Crippen LogP contribution in [0, 0.1) is 10.1 Å². The number of nitro benzene ring substituents is 1. The van der Waals surface area contributed by atoms with Crippen molar-refractivity contribution in [1.29, 1.82) is 0 Å². The van der Waals surface area contributed by atoms with Crippen LogP contribution >= 0.6 is 23.2 Å². The van der Waals surface area contributed by atoms with Crippen LogP contribution in [-0.2, 0) is 4.79 Å². The van der Waals surface area contributed by atoms with Crippen molar-refractivity contribution >= 4 is 46.4 Å². The number of carbonyl (C=O) groups is 2. The first-order valence-electron chi connectivity index (χ1n) is 8.35. The molecule has 13 heteroatoms. The van der Waals surface area contributed by atoms with Gasteiger partial charge in [0.2, 0.25) is 5.91 Å². The van der Waals surface area contributed by atoms with E-state index >= 15 is 0 Å². The number of rotatable bonds is 8. The summed E-state index contributed by atoms with van der Waals surface area (Å²) >= 11 is 11.9. The zero-order valence-corrected chi connectivity index (χ0v) is 17.5. The van der Waals surface area contributed by atoms with Crippen LogP contribution in [0.5, 0.6) is 11.5 Å². The number of amides is 2. The van der Waals surface area contributed by atoms with Crippen LogP contribution in [0.2, 0.25) is 10.0 Å². The van der Waals surface area contributed by atoms with Crippen LogP contribution in [-0.4, -0.2) is 49.0 Å². The molecule has 0 unspecified atom stereocenters. The number of alkyl halides is 2. The van der Waals surface area contributed by atoms with Gasteiger partial charge in [-0.05, 0) is 12.1 Å². The molecule has 0 atom stereocenters. The van der Waals surface area contributed by atoms with Crippen LogP contribution < -0.4 is 14.8 Å². The fourth-order valence-electron chi connectivity index (χ4n) is 2.51. The van der Waals surface area contributed by atoms with E-state index in [1.165, 1.54) is 19.2 Å². The third-order valence-corrected chi connectivity index (χ3v) is 4.51. The Morgan fingerprint density at radius 3 is 2.35 bits per heavy atom. The third kappa shape index (κ3) is 5.92. The Morgan fingerprint density at radius 1 is 1.23 bits per heavy atom. The second-order valence-electron chi connectivity index (χ2n) is 5.96. The number of halogens is 4. The second kappa shape index (κ2) is 10.2. The number of carbonyl (C=O) groups excluding carboxylic acids is 2. The van der Waals surface area contributed by atoms with E-state index in [1.54, 1.807) is 6.07 Å². The lowest BCUT2D eigenvalue weighted by Gasteiger charge is -2.18. The van der Waals surface area contributed by atoms with E-state index in [1.807, 2.05) is 0 Å². The molecule has 31 heavy (non-hydrogen) atoms. The van der Waals surface area contributed by atoms with Crippen molar-refractivity contribution in [2.75, 3.05) is 26.0 Å². The third-order valence-electron chi connectivity index (χ3n) is 3.88.